The Hall–Kier alpha value is -2.91. The molecule has 0 atom stereocenters. The number of aryl methyl sites for hydroxylation is 4. The molecule has 7 nitrogen and oxygen atoms in total. The van der Waals surface area contributed by atoms with Gasteiger partial charge in [-0.1, -0.05) is 26.8 Å². The number of nitrogens with one attached hydrogen (secondary N) is 1. The molecule has 0 bridgehead atoms. The Balaban J connectivity index is 1.47. The number of benzene rings is 1. The van der Waals surface area contributed by atoms with Gasteiger partial charge in [-0.25, -0.2) is 4.98 Å². The van der Waals surface area contributed by atoms with Crippen LogP contribution in [-0.4, -0.2) is 23.9 Å². The molecular formula is C23H26N6OS2. The second kappa shape index (κ2) is 8.91. The zero-order chi connectivity index (χ0) is 22.9. The lowest BCUT2D eigenvalue weighted by Gasteiger charge is -2.16. The van der Waals surface area contributed by atoms with E-state index in [1.165, 1.54) is 28.4 Å². The molecule has 4 rings (SSSR count). The average Bonchev–Trinajstić information content (AvgIpc) is 3.38. The Morgan fingerprint density at radius 2 is 1.91 bits per heavy atom. The highest BCUT2D eigenvalue weighted by molar-refractivity contribution is 7.07. The minimum Gasteiger partial charge on any atom is -0.430 e. The second-order valence-corrected chi connectivity index (χ2v) is 10.3. The topological polar surface area (TPSA) is 89.6 Å². The molecule has 9 heteroatoms. The summed E-state index contributed by atoms with van der Waals surface area (Å²) in [6, 6.07) is 4.20. The molecule has 0 fully saturated rings. The number of hydrogen-bond acceptors (Lipinski definition) is 8. The van der Waals surface area contributed by atoms with Gasteiger partial charge in [0.05, 0.1) is 11.9 Å². The third-order valence-electron chi connectivity index (χ3n) is 5.19. The molecular weight excluding hydrogens is 440 g/mol. The van der Waals surface area contributed by atoms with Gasteiger partial charge < -0.3 is 9.30 Å². The van der Waals surface area contributed by atoms with Crippen molar-refractivity contribution in [2.75, 3.05) is 0 Å². The van der Waals surface area contributed by atoms with Crippen molar-refractivity contribution in [3.8, 4) is 22.5 Å². The predicted molar refractivity (Wildman–Crippen MR) is 127 cm³/mol. The lowest BCUT2D eigenvalue weighted by atomic mass is 9.93. The fraction of sp³-hybridized carbons (Fsp3) is 0.348. The number of hydrogen-bond donors (Lipinski definition) is 1. The maximum atomic E-state index is 7.91. The van der Waals surface area contributed by atoms with Crippen molar-refractivity contribution in [3.63, 3.8) is 0 Å². The van der Waals surface area contributed by atoms with Crippen LogP contribution in [0.3, 0.4) is 0 Å². The Kier molecular flexibility index (Phi) is 6.21. The Morgan fingerprint density at radius 3 is 2.56 bits per heavy atom. The SMILES string of the molecule is Cc1cc(Oc2nc(-c3cnc(C(C)(C)C)cn3)ns2)c(C)cc1CCn1ccsc1=N. The fourth-order valence-electron chi connectivity index (χ4n) is 3.23. The van der Waals surface area contributed by atoms with Gasteiger partial charge in [0.1, 0.15) is 11.4 Å². The molecule has 0 spiro atoms. The summed E-state index contributed by atoms with van der Waals surface area (Å²) in [5, 5.41) is 10.3. The number of aromatic nitrogens is 5. The Morgan fingerprint density at radius 1 is 1.09 bits per heavy atom. The smallest absolute Gasteiger partial charge is 0.299 e. The van der Waals surface area contributed by atoms with E-state index in [0.29, 0.717) is 21.5 Å². The van der Waals surface area contributed by atoms with Crippen LogP contribution in [0.25, 0.3) is 11.5 Å². The zero-order valence-corrected chi connectivity index (χ0v) is 20.5. The first-order chi connectivity index (χ1) is 15.2. The van der Waals surface area contributed by atoms with Gasteiger partial charge in [-0.3, -0.25) is 10.4 Å². The maximum Gasteiger partial charge on any atom is 0.299 e. The van der Waals surface area contributed by atoms with Gasteiger partial charge in [0.2, 0.25) is 0 Å². The van der Waals surface area contributed by atoms with Gasteiger partial charge in [-0.2, -0.15) is 9.36 Å². The van der Waals surface area contributed by atoms with Gasteiger partial charge in [0, 0.05) is 41.3 Å². The molecule has 1 N–H and O–H groups in total. The van der Waals surface area contributed by atoms with E-state index in [1.54, 1.807) is 12.4 Å². The molecule has 0 unspecified atom stereocenters. The fourth-order valence-corrected chi connectivity index (χ4v) is 4.41. The van der Waals surface area contributed by atoms with E-state index >= 15 is 0 Å². The summed E-state index contributed by atoms with van der Waals surface area (Å²) < 4.78 is 12.4. The van der Waals surface area contributed by atoms with Crippen LogP contribution in [0.2, 0.25) is 0 Å². The summed E-state index contributed by atoms with van der Waals surface area (Å²) in [5.74, 6) is 1.29. The highest BCUT2D eigenvalue weighted by Gasteiger charge is 2.17. The van der Waals surface area contributed by atoms with E-state index in [4.69, 9.17) is 10.1 Å². The van der Waals surface area contributed by atoms with E-state index in [2.05, 4.69) is 53.1 Å². The van der Waals surface area contributed by atoms with E-state index in [1.807, 2.05) is 29.1 Å². The number of thiazole rings is 1. The molecule has 32 heavy (non-hydrogen) atoms. The van der Waals surface area contributed by atoms with E-state index < -0.39 is 0 Å². The molecule has 0 aliphatic heterocycles. The molecule has 0 saturated carbocycles. The van der Waals surface area contributed by atoms with E-state index in [0.717, 1.165) is 35.5 Å². The van der Waals surface area contributed by atoms with Gasteiger partial charge >= 0.3 is 0 Å². The van der Waals surface area contributed by atoms with Crippen LogP contribution in [0.15, 0.2) is 36.1 Å². The predicted octanol–water partition coefficient (Wildman–Crippen LogP) is 5.29. The molecule has 3 heterocycles. The molecule has 0 radical (unpaired) electrons. The van der Waals surface area contributed by atoms with Gasteiger partial charge in [0.15, 0.2) is 10.6 Å². The van der Waals surface area contributed by atoms with Gasteiger partial charge in [-0.05, 0) is 43.0 Å². The van der Waals surface area contributed by atoms with E-state index in [-0.39, 0.29) is 5.41 Å². The lowest BCUT2D eigenvalue weighted by molar-refractivity contribution is 0.474. The van der Waals surface area contributed by atoms with Crippen molar-refractivity contribution in [1.82, 2.24) is 23.9 Å². The van der Waals surface area contributed by atoms with Crippen molar-refractivity contribution in [1.29, 1.82) is 5.41 Å². The van der Waals surface area contributed by atoms with Crippen molar-refractivity contribution < 1.29 is 4.74 Å². The zero-order valence-electron chi connectivity index (χ0n) is 18.8. The van der Waals surface area contributed by atoms with Crippen molar-refractivity contribution in [2.45, 2.75) is 53.0 Å². The third kappa shape index (κ3) is 4.94. The molecule has 0 aliphatic rings. The van der Waals surface area contributed by atoms with Crippen molar-refractivity contribution in [3.05, 3.63) is 63.3 Å². The number of rotatable bonds is 6. The maximum absolute atomic E-state index is 7.91. The quantitative estimate of drug-likeness (QED) is 0.417. The molecule has 0 saturated heterocycles. The molecule has 4 aromatic rings. The van der Waals surface area contributed by atoms with Crippen LogP contribution >= 0.6 is 22.9 Å². The Bertz CT molecular complexity index is 1280. The molecule has 166 valence electrons. The minimum absolute atomic E-state index is 0.0528. The molecule has 0 aliphatic carbocycles. The first kappa shape index (κ1) is 22.3. The molecule has 1 aromatic carbocycles. The highest BCUT2D eigenvalue weighted by atomic mass is 32.1. The lowest BCUT2D eigenvalue weighted by Crippen LogP contribution is -2.14. The van der Waals surface area contributed by atoms with Crippen LogP contribution in [0.1, 0.15) is 43.2 Å². The summed E-state index contributed by atoms with van der Waals surface area (Å²) >= 11 is 2.65. The molecule has 0 amide bonds. The van der Waals surface area contributed by atoms with Crippen LogP contribution in [0.5, 0.6) is 10.9 Å². The van der Waals surface area contributed by atoms with Crippen LogP contribution in [0.4, 0.5) is 0 Å². The second-order valence-electron chi connectivity index (χ2n) is 8.72. The number of nitrogens with zero attached hydrogens (tertiary/aromatic N) is 5. The standard InChI is InChI=1S/C23H26N6OS2/c1-14-11-18(15(2)10-16(14)6-7-29-8-9-31-21(29)24)30-22-27-20(28-32-22)17-12-26-19(13-25-17)23(3,4)5/h8-13,24H,6-7H2,1-5H3. The summed E-state index contributed by atoms with van der Waals surface area (Å²) in [7, 11) is 0. The largest absolute Gasteiger partial charge is 0.430 e. The van der Waals surface area contributed by atoms with Crippen LogP contribution < -0.4 is 9.54 Å². The molecule has 3 aromatic heterocycles. The Labute approximate surface area is 195 Å². The van der Waals surface area contributed by atoms with Gasteiger partial charge in [0.25, 0.3) is 5.19 Å². The van der Waals surface area contributed by atoms with Crippen molar-refractivity contribution >= 4 is 22.9 Å². The third-order valence-corrected chi connectivity index (χ3v) is 6.50. The first-order valence-corrected chi connectivity index (χ1v) is 12.0. The normalized spacial score (nSPS) is 11.7. The van der Waals surface area contributed by atoms with Crippen molar-refractivity contribution in [2.24, 2.45) is 0 Å². The average molecular weight is 467 g/mol. The van der Waals surface area contributed by atoms with Crippen LogP contribution in [0, 0.1) is 19.3 Å². The van der Waals surface area contributed by atoms with Gasteiger partial charge in [-0.15, -0.1) is 11.3 Å². The summed E-state index contributed by atoms with van der Waals surface area (Å²) in [6.07, 6.45) is 6.32. The summed E-state index contributed by atoms with van der Waals surface area (Å²) in [6.45, 7) is 11.2. The monoisotopic (exact) mass is 466 g/mol. The number of ether oxygens (including phenoxy) is 1. The minimum atomic E-state index is -0.0528. The summed E-state index contributed by atoms with van der Waals surface area (Å²) in [5.41, 5.74) is 4.95. The van der Waals surface area contributed by atoms with Crippen LogP contribution in [-0.2, 0) is 18.4 Å². The summed E-state index contributed by atoms with van der Waals surface area (Å²) in [4.78, 5) is 14.1. The van der Waals surface area contributed by atoms with E-state index in [9.17, 15) is 0 Å². The highest BCUT2D eigenvalue weighted by Crippen LogP contribution is 2.31. The first-order valence-electron chi connectivity index (χ1n) is 10.3.